The van der Waals surface area contributed by atoms with Gasteiger partial charge in [-0.25, -0.2) is 12.7 Å². The zero-order valence-corrected chi connectivity index (χ0v) is 12.9. The average Bonchev–Trinajstić information content (AvgIpc) is 2.41. The van der Waals surface area contributed by atoms with Crippen molar-refractivity contribution in [3.8, 4) is 5.75 Å². The highest BCUT2D eigenvalue weighted by Gasteiger charge is 2.24. The van der Waals surface area contributed by atoms with Crippen molar-refractivity contribution >= 4 is 15.7 Å². The minimum Gasteiger partial charge on any atom is -0.492 e. The van der Waals surface area contributed by atoms with Gasteiger partial charge in [0.15, 0.2) is 0 Å². The summed E-state index contributed by atoms with van der Waals surface area (Å²) in [5.41, 5.74) is 6.07. The first kappa shape index (κ1) is 16.7. The van der Waals surface area contributed by atoms with Crippen molar-refractivity contribution in [2.75, 3.05) is 39.6 Å². The number of ether oxygens (including phenoxy) is 2. The Labute approximate surface area is 120 Å². The zero-order valence-electron chi connectivity index (χ0n) is 12.1. The van der Waals surface area contributed by atoms with Gasteiger partial charge in [-0.15, -0.1) is 0 Å². The molecule has 0 radical (unpaired) electrons. The van der Waals surface area contributed by atoms with Gasteiger partial charge in [0, 0.05) is 33.0 Å². The number of hydrogen-bond acceptors (Lipinski definition) is 5. The number of rotatable bonds is 8. The Kier molecular flexibility index (Phi) is 6.25. The molecule has 114 valence electrons. The summed E-state index contributed by atoms with van der Waals surface area (Å²) in [6.45, 7) is 3.07. The van der Waals surface area contributed by atoms with Crippen LogP contribution >= 0.6 is 0 Å². The Morgan fingerprint density at radius 2 is 2.05 bits per heavy atom. The third kappa shape index (κ3) is 4.09. The average molecular weight is 302 g/mol. The predicted octanol–water partition coefficient (Wildman–Crippen LogP) is 1.32. The second-order valence-corrected chi connectivity index (χ2v) is 6.33. The second-order valence-electron chi connectivity index (χ2n) is 4.31. The minimum atomic E-state index is -3.62. The molecular weight excluding hydrogens is 280 g/mol. The molecule has 6 nitrogen and oxygen atoms in total. The van der Waals surface area contributed by atoms with Gasteiger partial charge in [0.2, 0.25) is 10.0 Å². The van der Waals surface area contributed by atoms with Crippen LogP contribution < -0.4 is 10.5 Å². The topological polar surface area (TPSA) is 81.9 Å². The number of sulfonamides is 1. The van der Waals surface area contributed by atoms with E-state index in [1.165, 1.54) is 17.4 Å². The van der Waals surface area contributed by atoms with Crippen LogP contribution in [0, 0.1) is 0 Å². The van der Waals surface area contributed by atoms with E-state index in [1.807, 2.05) is 0 Å². The Morgan fingerprint density at radius 1 is 1.35 bits per heavy atom. The van der Waals surface area contributed by atoms with Crippen LogP contribution in [-0.2, 0) is 14.8 Å². The quantitative estimate of drug-likeness (QED) is 0.578. The Hall–Kier alpha value is -1.31. The highest BCUT2D eigenvalue weighted by molar-refractivity contribution is 7.89. The van der Waals surface area contributed by atoms with Crippen LogP contribution in [0.15, 0.2) is 23.1 Å². The molecule has 0 atom stereocenters. The molecule has 0 fully saturated rings. The molecule has 0 aliphatic carbocycles. The lowest BCUT2D eigenvalue weighted by Gasteiger charge is -2.19. The number of anilines is 1. The molecule has 20 heavy (non-hydrogen) atoms. The minimum absolute atomic E-state index is 0.0965. The largest absolute Gasteiger partial charge is 0.492 e. The number of hydrogen-bond donors (Lipinski definition) is 1. The molecule has 0 spiro atoms. The van der Waals surface area contributed by atoms with Crippen molar-refractivity contribution in [1.29, 1.82) is 0 Å². The summed E-state index contributed by atoms with van der Waals surface area (Å²) >= 11 is 0. The highest BCUT2D eigenvalue weighted by Crippen LogP contribution is 2.28. The summed E-state index contributed by atoms with van der Waals surface area (Å²) in [5, 5.41) is 0. The van der Waals surface area contributed by atoms with Gasteiger partial charge in [0.1, 0.15) is 10.6 Å². The van der Waals surface area contributed by atoms with E-state index in [0.29, 0.717) is 37.6 Å². The van der Waals surface area contributed by atoms with E-state index >= 15 is 0 Å². The number of methoxy groups -OCH3 is 1. The van der Waals surface area contributed by atoms with E-state index < -0.39 is 10.0 Å². The Bertz CT molecular complexity index is 531. The van der Waals surface area contributed by atoms with Gasteiger partial charge in [-0.2, -0.15) is 0 Å². The summed E-state index contributed by atoms with van der Waals surface area (Å²) in [4.78, 5) is 0.0965. The van der Waals surface area contributed by atoms with Gasteiger partial charge in [-0.3, -0.25) is 0 Å². The maximum atomic E-state index is 12.5. The maximum absolute atomic E-state index is 12.5. The van der Waals surface area contributed by atoms with Crippen molar-refractivity contribution in [3.63, 3.8) is 0 Å². The Morgan fingerprint density at radius 3 is 2.65 bits per heavy atom. The summed E-state index contributed by atoms with van der Waals surface area (Å²) in [6, 6.07) is 4.62. The molecule has 1 rings (SSSR count). The monoisotopic (exact) mass is 302 g/mol. The van der Waals surface area contributed by atoms with Crippen LogP contribution in [0.5, 0.6) is 5.75 Å². The molecule has 0 saturated carbocycles. The van der Waals surface area contributed by atoms with E-state index in [9.17, 15) is 8.42 Å². The first-order valence-electron chi connectivity index (χ1n) is 6.41. The van der Waals surface area contributed by atoms with Crippen LogP contribution in [0.1, 0.15) is 13.3 Å². The van der Waals surface area contributed by atoms with Gasteiger partial charge >= 0.3 is 0 Å². The summed E-state index contributed by atoms with van der Waals surface area (Å²) < 4.78 is 36.6. The van der Waals surface area contributed by atoms with Crippen molar-refractivity contribution in [2.45, 2.75) is 18.2 Å². The molecule has 0 saturated heterocycles. The lowest BCUT2D eigenvalue weighted by molar-refractivity contribution is 0.189. The van der Waals surface area contributed by atoms with Gasteiger partial charge < -0.3 is 15.2 Å². The van der Waals surface area contributed by atoms with Crippen molar-refractivity contribution < 1.29 is 17.9 Å². The molecule has 0 amide bonds. The SMILES string of the molecule is CCOc1ccc(N)cc1S(=O)(=O)N(C)CCCOC. The third-order valence-electron chi connectivity index (χ3n) is 2.78. The summed E-state index contributed by atoms with van der Waals surface area (Å²) in [5.74, 6) is 0.320. The molecule has 0 bridgehead atoms. The van der Waals surface area contributed by atoms with Crippen molar-refractivity contribution in [1.82, 2.24) is 4.31 Å². The van der Waals surface area contributed by atoms with Crippen LogP contribution in [0.3, 0.4) is 0 Å². The fourth-order valence-electron chi connectivity index (χ4n) is 1.72. The van der Waals surface area contributed by atoms with Crippen molar-refractivity contribution in [3.05, 3.63) is 18.2 Å². The molecular formula is C13H22N2O4S. The van der Waals surface area contributed by atoms with E-state index in [4.69, 9.17) is 15.2 Å². The van der Waals surface area contributed by atoms with E-state index in [0.717, 1.165) is 0 Å². The van der Waals surface area contributed by atoms with Gasteiger partial charge in [0.05, 0.1) is 6.61 Å². The highest BCUT2D eigenvalue weighted by atomic mass is 32.2. The smallest absolute Gasteiger partial charge is 0.246 e. The summed E-state index contributed by atoms with van der Waals surface area (Å²) in [7, 11) is -0.507. The number of nitrogens with zero attached hydrogens (tertiary/aromatic N) is 1. The Balaban J connectivity index is 3.04. The molecule has 7 heteroatoms. The summed E-state index contributed by atoms with van der Waals surface area (Å²) in [6.07, 6.45) is 0.624. The molecule has 0 aliphatic rings. The fraction of sp³-hybridized carbons (Fsp3) is 0.538. The number of nitrogen functional groups attached to an aromatic ring is 1. The standard InChI is InChI=1S/C13H22N2O4S/c1-4-19-12-7-6-11(14)10-13(12)20(16,17)15(2)8-5-9-18-3/h6-7,10H,4-5,8-9,14H2,1-3H3. The van der Waals surface area contributed by atoms with E-state index in [1.54, 1.807) is 26.2 Å². The predicted molar refractivity (Wildman–Crippen MR) is 78.3 cm³/mol. The molecule has 1 aromatic rings. The van der Waals surface area contributed by atoms with E-state index in [-0.39, 0.29) is 4.90 Å². The van der Waals surface area contributed by atoms with Crippen molar-refractivity contribution in [2.24, 2.45) is 0 Å². The fourth-order valence-corrected chi connectivity index (χ4v) is 3.09. The lowest BCUT2D eigenvalue weighted by Crippen LogP contribution is -2.29. The lowest BCUT2D eigenvalue weighted by atomic mass is 10.3. The first-order valence-corrected chi connectivity index (χ1v) is 7.85. The normalized spacial score (nSPS) is 11.8. The van der Waals surface area contributed by atoms with Crippen LogP contribution in [0.2, 0.25) is 0 Å². The van der Waals surface area contributed by atoms with Gasteiger partial charge in [-0.05, 0) is 31.5 Å². The molecule has 0 aliphatic heterocycles. The third-order valence-corrected chi connectivity index (χ3v) is 4.66. The van der Waals surface area contributed by atoms with E-state index in [2.05, 4.69) is 0 Å². The molecule has 1 aromatic carbocycles. The van der Waals surface area contributed by atoms with Crippen LogP contribution in [0.4, 0.5) is 5.69 Å². The molecule has 2 N–H and O–H groups in total. The number of benzene rings is 1. The second kappa shape index (κ2) is 7.47. The zero-order chi connectivity index (χ0) is 15.2. The van der Waals surface area contributed by atoms with Gasteiger partial charge in [-0.1, -0.05) is 0 Å². The first-order chi connectivity index (χ1) is 9.43. The van der Waals surface area contributed by atoms with Crippen LogP contribution in [0.25, 0.3) is 0 Å². The maximum Gasteiger partial charge on any atom is 0.246 e. The molecule has 0 aromatic heterocycles. The van der Waals surface area contributed by atoms with Crippen LogP contribution in [-0.4, -0.2) is 46.6 Å². The number of nitrogens with two attached hydrogens (primary N) is 1. The van der Waals surface area contributed by atoms with Gasteiger partial charge in [0.25, 0.3) is 0 Å². The molecule has 0 unspecified atom stereocenters. The molecule has 0 heterocycles.